The van der Waals surface area contributed by atoms with E-state index in [4.69, 9.17) is 10.7 Å². The summed E-state index contributed by atoms with van der Waals surface area (Å²) in [7, 11) is 0. The van der Waals surface area contributed by atoms with Crippen molar-refractivity contribution in [2.24, 2.45) is 0 Å². The Morgan fingerprint density at radius 2 is 1.91 bits per heavy atom. The summed E-state index contributed by atoms with van der Waals surface area (Å²) in [6.07, 6.45) is 8.66. The van der Waals surface area contributed by atoms with Gasteiger partial charge in [0.15, 0.2) is 5.65 Å². The van der Waals surface area contributed by atoms with Gasteiger partial charge in [-0.05, 0) is 37.3 Å². The molecular formula is C23H22N10O. The lowest BCUT2D eigenvalue weighted by atomic mass is 9.87. The van der Waals surface area contributed by atoms with Crippen LogP contribution in [0.5, 0.6) is 0 Å². The van der Waals surface area contributed by atoms with Crippen molar-refractivity contribution in [3.05, 3.63) is 54.5 Å². The van der Waals surface area contributed by atoms with E-state index >= 15 is 0 Å². The Morgan fingerprint density at radius 1 is 1.06 bits per heavy atom. The first kappa shape index (κ1) is 19.2. The molecule has 4 N–H and O–H groups in total. The van der Waals surface area contributed by atoms with E-state index in [0.29, 0.717) is 11.6 Å². The first-order valence-electron chi connectivity index (χ1n) is 11.4. The molecule has 0 spiro atoms. The summed E-state index contributed by atoms with van der Waals surface area (Å²) in [5.41, 5.74) is 11.0. The Hall–Kier alpha value is -4.28. The van der Waals surface area contributed by atoms with Crippen LogP contribution < -0.4 is 5.73 Å². The lowest BCUT2D eigenvalue weighted by Crippen LogP contribution is -2.46. The number of nitrogens with one attached hydrogen (secondary N) is 2. The highest BCUT2D eigenvalue weighted by molar-refractivity contribution is 5.91. The maximum absolute atomic E-state index is 13.0. The quantitative estimate of drug-likeness (QED) is 0.379. The monoisotopic (exact) mass is 454 g/mol. The Balaban J connectivity index is 1.23. The number of aromatic nitrogens is 8. The number of hydrogen-bond acceptors (Lipinski definition) is 7. The van der Waals surface area contributed by atoms with Gasteiger partial charge in [-0.1, -0.05) is 12.1 Å². The summed E-state index contributed by atoms with van der Waals surface area (Å²) in [4.78, 5) is 24.1. The number of amides is 1. The van der Waals surface area contributed by atoms with Crippen LogP contribution in [0.25, 0.3) is 27.7 Å². The molecule has 0 saturated carbocycles. The predicted octanol–water partition coefficient (Wildman–Crippen LogP) is 2.52. The fourth-order valence-electron chi connectivity index (χ4n) is 5.70. The maximum Gasteiger partial charge on any atom is 0.291 e. The van der Waals surface area contributed by atoms with Gasteiger partial charge in [0.05, 0.1) is 17.9 Å². The van der Waals surface area contributed by atoms with Crippen LogP contribution in [-0.4, -0.2) is 62.9 Å². The van der Waals surface area contributed by atoms with E-state index in [1.54, 1.807) is 10.7 Å². The van der Waals surface area contributed by atoms with Crippen molar-refractivity contribution >= 4 is 28.3 Å². The van der Waals surface area contributed by atoms with Crippen molar-refractivity contribution in [3.63, 3.8) is 0 Å². The number of H-pyrrole nitrogens is 2. The van der Waals surface area contributed by atoms with Crippen LogP contribution in [0.15, 0.2) is 43.0 Å². The summed E-state index contributed by atoms with van der Waals surface area (Å²) >= 11 is 0. The van der Waals surface area contributed by atoms with Crippen molar-refractivity contribution in [2.75, 3.05) is 5.73 Å². The molecule has 6 heterocycles. The molecule has 0 radical (unpaired) electrons. The Kier molecular flexibility index (Phi) is 4.02. The van der Waals surface area contributed by atoms with E-state index in [0.717, 1.165) is 59.1 Å². The van der Waals surface area contributed by atoms with Crippen molar-refractivity contribution in [2.45, 2.75) is 43.7 Å². The highest BCUT2D eigenvalue weighted by atomic mass is 16.2. The number of carbonyl (C=O) groups excluding carboxylic acids is 1. The third-order valence-corrected chi connectivity index (χ3v) is 7.28. The number of carbonyl (C=O) groups is 1. The molecular weight excluding hydrogens is 432 g/mol. The molecule has 5 aromatic rings. The second-order valence-corrected chi connectivity index (χ2v) is 9.17. The van der Waals surface area contributed by atoms with Crippen molar-refractivity contribution < 1.29 is 4.79 Å². The van der Waals surface area contributed by atoms with Gasteiger partial charge in [0.2, 0.25) is 5.82 Å². The molecule has 11 heteroatoms. The Morgan fingerprint density at radius 3 is 2.71 bits per heavy atom. The fraction of sp³-hybridized carbons (Fsp3) is 0.304. The highest BCUT2D eigenvalue weighted by Gasteiger charge is 2.45. The molecule has 34 heavy (non-hydrogen) atoms. The zero-order valence-corrected chi connectivity index (χ0v) is 18.2. The topological polar surface area (TPSA) is 147 Å². The number of anilines is 1. The number of nitrogen functional groups attached to an aromatic ring is 1. The molecule has 0 aliphatic carbocycles. The molecule has 4 aromatic heterocycles. The molecule has 0 unspecified atom stereocenters. The average molecular weight is 454 g/mol. The minimum atomic E-state index is -0.0707. The second-order valence-electron chi connectivity index (χ2n) is 9.17. The smallest absolute Gasteiger partial charge is 0.291 e. The average Bonchev–Trinajstić information content (AvgIpc) is 3.64. The van der Waals surface area contributed by atoms with E-state index in [2.05, 4.69) is 36.5 Å². The van der Waals surface area contributed by atoms with Crippen LogP contribution in [0.2, 0.25) is 0 Å². The van der Waals surface area contributed by atoms with Gasteiger partial charge in [0.25, 0.3) is 5.91 Å². The molecule has 1 aromatic carbocycles. The SMILES string of the molecule is Nc1cc([C@@H]2C[C@H]3CC[C@@H](C2)N3C(=O)c2ncn[nH]2)nc2c(-c3ccc4cn[nH]c4c3)cnn12. The van der Waals surface area contributed by atoms with E-state index < -0.39 is 0 Å². The minimum Gasteiger partial charge on any atom is -0.384 e. The number of rotatable bonds is 3. The molecule has 2 saturated heterocycles. The van der Waals surface area contributed by atoms with Crippen molar-refractivity contribution in [1.82, 2.24) is 44.9 Å². The van der Waals surface area contributed by atoms with Crippen LogP contribution in [0.3, 0.4) is 0 Å². The number of piperidine rings is 1. The van der Waals surface area contributed by atoms with Crippen LogP contribution in [0.4, 0.5) is 5.82 Å². The van der Waals surface area contributed by atoms with Gasteiger partial charge >= 0.3 is 0 Å². The third kappa shape index (κ3) is 2.82. The van der Waals surface area contributed by atoms with Gasteiger partial charge in [0.1, 0.15) is 12.1 Å². The molecule has 7 rings (SSSR count). The molecule has 2 aliphatic rings. The zero-order chi connectivity index (χ0) is 22.8. The number of nitrogens with two attached hydrogens (primary N) is 1. The van der Waals surface area contributed by atoms with Gasteiger partial charge in [-0.25, -0.2) is 9.97 Å². The number of benzene rings is 1. The van der Waals surface area contributed by atoms with Gasteiger partial charge in [-0.2, -0.15) is 19.8 Å². The van der Waals surface area contributed by atoms with Gasteiger partial charge in [-0.3, -0.25) is 15.0 Å². The summed E-state index contributed by atoms with van der Waals surface area (Å²) in [6, 6.07) is 8.38. The van der Waals surface area contributed by atoms with Crippen LogP contribution in [-0.2, 0) is 0 Å². The lowest BCUT2D eigenvalue weighted by molar-refractivity contribution is 0.0557. The molecule has 2 fully saturated rings. The first-order chi connectivity index (χ1) is 16.7. The molecule has 2 aliphatic heterocycles. The maximum atomic E-state index is 13.0. The second kappa shape index (κ2) is 7.11. The summed E-state index contributed by atoms with van der Waals surface area (Å²) in [5, 5.41) is 19.2. The predicted molar refractivity (Wildman–Crippen MR) is 124 cm³/mol. The van der Waals surface area contributed by atoms with Crippen molar-refractivity contribution in [1.29, 1.82) is 0 Å². The lowest BCUT2D eigenvalue weighted by Gasteiger charge is -2.38. The molecule has 2 bridgehead atoms. The Bertz CT molecular complexity index is 1520. The minimum absolute atomic E-state index is 0.0707. The summed E-state index contributed by atoms with van der Waals surface area (Å²) < 4.78 is 1.69. The van der Waals surface area contributed by atoms with E-state index in [9.17, 15) is 4.79 Å². The highest BCUT2D eigenvalue weighted by Crippen LogP contribution is 2.43. The number of aromatic amines is 2. The van der Waals surface area contributed by atoms with Gasteiger partial charge in [0, 0.05) is 40.7 Å². The summed E-state index contributed by atoms with van der Waals surface area (Å²) in [5.74, 6) is 1.01. The molecule has 1 amide bonds. The van der Waals surface area contributed by atoms with Crippen LogP contribution in [0, 0.1) is 0 Å². The van der Waals surface area contributed by atoms with Crippen molar-refractivity contribution in [3.8, 4) is 11.1 Å². The van der Waals surface area contributed by atoms with E-state index in [1.165, 1.54) is 6.33 Å². The van der Waals surface area contributed by atoms with Crippen LogP contribution in [0.1, 0.15) is 47.9 Å². The zero-order valence-electron chi connectivity index (χ0n) is 18.2. The van der Waals surface area contributed by atoms with E-state index in [-0.39, 0.29) is 23.9 Å². The van der Waals surface area contributed by atoms with Gasteiger partial charge < -0.3 is 10.6 Å². The van der Waals surface area contributed by atoms with Gasteiger partial charge in [-0.15, -0.1) is 0 Å². The normalized spacial score (nSPS) is 22.1. The first-order valence-corrected chi connectivity index (χ1v) is 11.4. The number of hydrogen-bond donors (Lipinski definition) is 3. The molecule has 3 atom stereocenters. The van der Waals surface area contributed by atoms with Crippen LogP contribution >= 0.6 is 0 Å². The standard InChI is InChI=1S/C23H22N10O/c24-20-8-18(14-5-15-3-4-16(6-14)32(15)23(34)21-25-11-27-31-21)29-22-17(10-28-33(20)22)12-1-2-13-9-26-30-19(13)7-12/h1-2,7-11,14-16H,3-6,24H2,(H,26,30)(H,25,27,31)/t14-,15-,16+. The fourth-order valence-corrected chi connectivity index (χ4v) is 5.70. The third-order valence-electron chi connectivity index (χ3n) is 7.28. The summed E-state index contributed by atoms with van der Waals surface area (Å²) in [6.45, 7) is 0. The molecule has 170 valence electrons. The number of fused-ring (bicyclic) bond motifs is 4. The largest absolute Gasteiger partial charge is 0.384 e. The molecule has 11 nitrogen and oxygen atoms in total. The number of nitrogens with zero attached hydrogens (tertiary/aromatic N) is 7. The Labute approximate surface area is 193 Å². The van der Waals surface area contributed by atoms with E-state index in [1.807, 2.05) is 29.3 Å².